The fourth-order valence-electron chi connectivity index (χ4n) is 1.39. The largest absolute Gasteiger partial charge is 0.468 e. The zero-order valence-electron chi connectivity index (χ0n) is 10.2. The second-order valence-electron chi connectivity index (χ2n) is 3.80. The van der Waals surface area contributed by atoms with Crippen molar-refractivity contribution in [2.24, 2.45) is 5.14 Å². The highest BCUT2D eigenvalue weighted by Crippen LogP contribution is 2.16. The van der Waals surface area contributed by atoms with Gasteiger partial charge in [0.05, 0.1) is 18.6 Å². The highest BCUT2D eigenvalue weighted by molar-refractivity contribution is 7.89. The van der Waals surface area contributed by atoms with E-state index < -0.39 is 10.0 Å². The molecule has 1 unspecified atom stereocenters. The lowest BCUT2D eigenvalue weighted by Gasteiger charge is -2.14. The number of hydrogen-bond donors (Lipinski definition) is 2. The second-order valence-corrected chi connectivity index (χ2v) is 5.36. The normalized spacial score (nSPS) is 13.1. The predicted octanol–water partition coefficient (Wildman–Crippen LogP) is 0.158. The van der Waals surface area contributed by atoms with E-state index >= 15 is 0 Å². The van der Waals surface area contributed by atoms with E-state index in [0.29, 0.717) is 0 Å². The first-order valence-corrected chi connectivity index (χ1v) is 6.82. The molecule has 6 nitrogen and oxygen atoms in total. The third-order valence-corrected chi connectivity index (χ3v) is 3.38. The fourth-order valence-corrected chi connectivity index (χ4v) is 1.96. The molecule has 0 aliphatic carbocycles. The summed E-state index contributed by atoms with van der Waals surface area (Å²) >= 11 is 0. The third-order valence-electron chi connectivity index (χ3n) is 2.47. The summed E-state index contributed by atoms with van der Waals surface area (Å²) in [6.07, 6.45) is 0. The maximum Gasteiger partial charge on any atom is 0.319 e. The molecular formula is C11H16N2O4S. The number of nitrogens with one attached hydrogen (secondary N) is 1. The molecule has 1 rings (SSSR count). The van der Waals surface area contributed by atoms with Crippen LogP contribution in [0.25, 0.3) is 0 Å². The topological polar surface area (TPSA) is 98.5 Å². The fraction of sp³-hybridized carbons (Fsp3) is 0.364. The Labute approximate surface area is 106 Å². The summed E-state index contributed by atoms with van der Waals surface area (Å²) in [5.41, 5.74) is 0.727. The van der Waals surface area contributed by atoms with Crippen LogP contribution in [0.3, 0.4) is 0 Å². The van der Waals surface area contributed by atoms with Crippen molar-refractivity contribution in [2.45, 2.75) is 17.9 Å². The summed E-state index contributed by atoms with van der Waals surface area (Å²) < 4.78 is 26.9. The molecule has 0 aromatic heterocycles. The summed E-state index contributed by atoms with van der Waals surface area (Å²) in [6, 6.07) is 6.07. The van der Waals surface area contributed by atoms with E-state index in [4.69, 9.17) is 5.14 Å². The van der Waals surface area contributed by atoms with Gasteiger partial charge in [0.25, 0.3) is 0 Å². The van der Waals surface area contributed by atoms with Gasteiger partial charge in [-0.05, 0) is 24.6 Å². The van der Waals surface area contributed by atoms with Gasteiger partial charge in [-0.1, -0.05) is 12.1 Å². The van der Waals surface area contributed by atoms with Crippen LogP contribution in [-0.2, 0) is 19.6 Å². The minimum atomic E-state index is -3.71. The van der Waals surface area contributed by atoms with Gasteiger partial charge in [0, 0.05) is 6.04 Å². The molecule has 3 N–H and O–H groups in total. The van der Waals surface area contributed by atoms with Crippen LogP contribution in [0, 0.1) is 0 Å². The highest BCUT2D eigenvalue weighted by atomic mass is 32.2. The van der Waals surface area contributed by atoms with Crippen LogP contribution in [0.15, 0.2) is 29.2 Å². The first-order chi connectivity index (χ1) is 8.34. The summed E-state index contributed by atoms with van der Waals surface area (Å²) in [5, 5.41) is 7.97. The van der Waals surface area contributed by atoms with E-state index in [-0.39, 0.29) is 23.5 Å². The predicted molar refractivity (Wildman–Crippen MR) is 66.2 cm³/mol. The Kier molecular flexibility index (Phi) is 4.83. The average Bonchev–Trinajstić information content (AvgIpc) is 2.34. The number of primary sulfonamides is 1. The maximum absolute atomic E-state index is 11.2. The van der Waals surface area contributed by atoms with Crippen molar-refractivity contribution in [3.63, 3.8) is 0 Å². The number of benzene rings is 1. The maximum atomic E-state index is 11.2. The van der Waals surface area contributed by atoms with Crippen molar-refractivity contribution in [3.05, 3.63) is 29.8 Å². The number of sulfonamides is 1. The number of methoxy groups -OCH3 is 1. The van der Waals surface area contributed by atoms with Crippen molar-refractivity contribution in [1.29, 1.82) is 0 Å². The van der Waals surface area contributed by atoms with E-state index in [0.717, 1.165) is 5.56 Å². The van der Waals surface area contributed by atoms with Gasteiger partial charge < -0.3 is 10.1 Å². The summed E-state index contributed by atoms with van der Waals surface area (Å²) in [7, 11) is -2.41. The van der Waals surface area contributed by atoms with Crippen molar-refractivity contribution in [2.75, 3.05) is 13.7 Å². The lowest BCUT2D eigenvalue weighted by atomic mass is 10.1. The minimum Gasteiger partial charge on any atom is -0.468 e. The molecule has 0 saturated carbocycles. The zero-order valence-corrected chi connectivity index (χ0v) is 11.0. The van der Waals surface area contributed by atoms with Crippen molar-refractivity contribution >= 4 is 16.0 Å². The smallest absolute Gasteiger partial charge is 0.319 e. The van der Waals surface area contributed by atoms with E-state index in [9.17, 15) is 13.2 Å². The highest BCUT2D eigenvalue weighted by Gasteiger charge is 2.12. The van der Waals surface area contributed by atoms with Gasteiger partial charge in [-0.2, -0.15) is 0 Å². The number of rotatable bonds is 5. The number of carbonyl (C=O) groups is 1. The van der Waals surface area contributed by atoms with Crippen molar-refractivity contribution in [3.8, 4) is 0 Å². The Hall–Kier alpha value is -1.44. The molecule has 0 radical (unpaired) electrons. The number of ether oxygens (including phenoxy) is 1. The van der Waals surface area contributed by atoms with Gasteiger partial charge in [0.2, 0.25) is 10.0 Å². The van der Waals surface area contributed by atoms with Gasteiger partial charge in [0.1, 0.15) is 0 Å². The van der Waals surface area contributed by atoms with Crippen LogP contribution in [0.1, 0.15) is 18.5 Å². The molecule has 0 heterocycles. The Morgan fingerprint density at radius 2 is 2.17 bits per heavy atom. The number of nitrogens with two attached hydrogens (primary N) is 1. The molecule has 0 fully saturated rings. The molecular weight excluding hydrogens is 256 g/mol. The Morgan fingerprint density at radius 1 is 1.50 bits per heavy atom. The molecule has 0 spiro atoms. The Balaban J connectivity index is 2.81. The average molecular weight is 272 g/mol. The van der Waals surface area contributed by atoms with Crippen LogP contribution in [0.2, 0.25) is 0 Å². The molecule has 1 atom stereocenters. The SMILES string of the molecule is COC(=O)CNC(C)c1cccc(S(N)(=O)=O)c1. The van der Waals surface area contributed by atoms with E-state index in [1.807, 2.05) is 6.92 Å². The number of carbonyl (C=O) groups excluding carboxylic acids is 1. The first-order valence-electron chi connectivity index (χ1n) is 5.27. The Bertz CT molecular complexity index is 528. The quantitative estimate of drug-likeness (QED) is 0.744. The summed E-state index contributed by atoms with van der Waals surface area (Å²) in [4.78, 5) is 11.0. The molecule has 1 aromatic rings. The third kappa shape index (κ3) is 4.10. The zero-order chi connectivity index (χ0) is 13.8. The standard InChI is InChI=1S/C11H16N2O4S/c1-8(13-7-11(14)17-2)9-4-3-5-10(6-9)18(12,15)16/h3-6,8,13H,7H2,1-2H3,(H2,12,15,16). The van der Waals surface area contributed by atoms with E-state index in [2.05, 4.69) is 10.1 Å². The number of esters is 1. The van der Waals surface area contributed by atoms with Crippen LogP contribution in [0.4, 0.5) is 0 Å². The van der Waals surface area contributed by atoms with Crippen LogP contribution >= 0.6 is 0 Å². The number of hydrogen-bond acceptors (Lipinski definition) is 5. The van der Waals surface area contributed by atoms with E-state index in [1.165, 1.54) is 19.2 Å². The lowest BCUT2D eigenvalue weighted by molar-refractivity contribution is -0.139. The van der Waals surface area contributed by atoms with Crippen LogP contribution < -0.4 is 10.5 Å². The van der Waals surface area contributed by atoms with Gasteiger partial charge in [-0.25, -0.2) is 13.6 Å². The monoisotopic (exact) mass is 272 g/mol. The molecule has 0 amide bonds. The first kappa shape index (κ1) is 14.6. The molecule has 18 heavy (non-hydrogen) atoms. The Morgan fingerprint density at radius 3 is 2.72 bits per heavy atom. The molecule has 0 saturated heterocycles. The van der Waals surface area contributed by atoms with Crippen molar-refractivity contribution < 1.29 is 17.9 Å². The lowest BCUT2D eigenvalue weighted by Crippen LogP contribution is -2.26. The van der Waals surface area contributed by atoms with E-state index in [1.54, 1.807) is 12.1 Å². The second kappa shape index (κ2) is 5.94. The molecule has 0 aliphatic rings. The van der Waals surface area contributed by atoms with Crippen molar-refractivity contribution in [1.82, 2.24) is 5.32 Å². The van der Waals surface area contributed by atoms with Gasteiger partial charge in [0.15, 0.2) is 0 Å². The molecule has 100 valence electrons. The van der Waals surface area contributed by atoms with Gasteiger partial charge >= 0.3 is 5.97 Å². The van der Waals surface area contributed by atoms with Crippen LogP contribution in [-0.4, -0.2) is 28.0 Å². The van der Waals surface area contributed by atoms with Gasteiger partial charge in [-0.3, -0.25) is 4.79 Å². The molecule has 1 aromatic carbocycles. The van der Waals surface area contributed by atoms with Gasteiger partial charge in [-0.15, -0.1) is 0 Å². The minimum absolute atomic E-state index is 0.0479. The molecule has 7 heteroatoms. The molecule has 0 aliphatic heterocycles. The van der Waals surface area contributed by atoms with Crippen LogP contribution in [0.5, 0.6) is 0 Å². The molecule has 0 bridgehead atoms. The summed E-state index contributed by atoms with van der Waals surface area (Å²) in [5.74, 6) is -0.385. The summed E-state index contributed by atoms with van der Waals surface area (Å²) in [6.45, 7) is 1.86.